The van der Waals surface area contributed by atoms with Crippen LogP contribution >= 0.6 is 0 Å². The molecule has 1 aliphatic carbocycles. The Morgan fingerprint density at radius 1 is 1.14 bits per heavy atom. The average molecular weight is 489 g/mol. The van der Waals surface area contributed by atoms with Crippen molar-refractivity contribution in [1.82, 2.24) is 24.4 Å². The van der Waals surface area contributed by atoms with Gasteiger partial charge in [0.2, 0.25) is 0 Å². The lowest BCUT2D eigenvalue weighted by atomic mass is 10.1. The molecule has 1 saturated heterocycles. The molecule has 2 aliphatic rings. The molecule has 4 aromatic heterocycles. The lowest BCUT2D eigenvalue weighted by molar-refractivity contribution is 0.0110. The first kappa shape index (κ1) is 22.7. The van der Waals surface area contributed by atoms with Crippen molar-refractivity contribution in [3.63, 3.8) is 0 Å². The van der Waals surface area contributed by atoms with E-state index in [1.54, 1.807) is 28.4 Å². The lowest BCUT2D eigenvalue weighted by Gasteiger charge is -2.17. The summed E-state index contributed by atoms with van der Waals surface area (Å²) < 4.78 is 15.0. The van der Waals surface area contributed by atoms with Crippen LogP contribution in [0.15, 0.2) is 47.5 Å². The van der Waals surface area contributed by atoms with Gasteiger partial charge in [-0.3, -0.25) is 9.78 Å². The molecule has 0 bridgehead atoms. The van der Waals surface area contributed by atoms with E-state index in [0.717, 1.165) is 35.2 Å². The van der Waals surface area contributed by atoms with Crippen LogP contribution in [0.4, 0.5) is 11.6 Å². The number of aryl methyl sites for hydroxylation is 2. The molecule has 0 amide bonds. The van der Waals surface area contributed by atoms with Crippen LogP contribution in [0.25, 0.3) is 16.6 Å². The maximum atomic E-state index is 12.4. The second kappa shape index (κ2) is 9.03. The number of hydrogen-bond acceptors (Lipinski definition) is 8. The molecule has 5 heterocycles. The molecule has 0 spiro atoms. The van der Waals surface area contributed by atoms with E-state index in [0.29, 0.717) is 36.0 Å². The number of nitrogens with zero attached hydrogens (tertiary/aromatic N) is 5. The monoisotopic (exact) mass is 488 g/mol. The molecule has 2 fully saturated rings. The minimum absolute atomic E-state index is 0.0395. The number of hydrogen-bond donors (Lipinski definition) is 2. The third-order valence-corrected chi connectivity index (χ3v) is 6.62. The summed E-state index contributed by atoms with van der Waals surface area (Å²) in [7, 11) is 0. The molecular weight excluding hydrogens is 460 g/mol. The van der Waals surface area contributed by atoms with Gasteiger partial charge in [-0.05, 0) is 62.9 Å². The van der Waals surface area contributed by atoms with Crippen molar-refractivity contribution < 1.29 is 14.6 Å². The van der Waals surface area contributed by atoms with Gasteiger partial charge in [-0.15, -0.1) is 0 Å². The summed E-state index contributed by atoms with van der Waals surface area (Å²) in [5, 5.41) is 22.4. The van der Waals surface area contributed by atoms with Crippen LogP contribution in [-0.4, -0.2) is 54.9 Å². The van der Waals surface area contributed by atoms with Crippen molar-refractivity contribution in [2.75, 3.05) is 18.5 Å². The molecule has 0 radical (unpaired) electrons. The highest BCUT2D eigenvalue weighted by molar-refractivity contribution is 5.75. The number of aromatic nitrogens is 5. The van der Waals surface area contributed by atoms with Crippen molar-refractivity contribution in [3.05, 3.63) is 64.3 Å². The van der Waals surface area contributed by atoms with Gasteiger partial charge in [0.05, 0.1) is 23.9 Å². The maximum Gasteiger partial charge on any atom is 0.270 e. The third kappa shape index (κ3) is 4.45. The molecule has 0 aromatic carbocycles. The molecule has 6 rings (SSSR count). The zero-order valence-corrected chi connectivity index (χ0v) is 20.2. The minimum atomic E-state index is -0.511. The number of aliphatic hydroxyl groups is 1. The number of anilines is 2. The Bertz CT molecular complexity index is 1490. The van der Waals surface area contributed by atoms with Gasteiger partial charge in [0.15, 0.2) is 11.6 Å². The number of pyridine rings is 2. The van der Waals surface area contributed by atoms with Gasteiger partial charge in [-0.1, -0.05) is 0 Å². The van der Waals surface area contributed by atoms with Gasteiger partial charge < -0.3 is 19.9 Å². The first-order valence-corrected chi connectivity index (χ1v) is 12.2. The van der Waals surface area contributed by atoms with Crippen molar-refractivity contribution in [2.45, 2.75) is 51.4 Å². The predicted octanol–water partition coefficient (Wildman–Crippen LogP) is 3.18. The standard InChI is InChI=1S/C26H28N6O4/c1-15-9-24(30-32(26(15)34)18-3-4-18)28-25-12-19-11-17(5-7-31(19)29-25)20-10-16(2)27-13-22(20)36-14-23-21(33)6-8-35-23/h5,7,9-13,18,21,23,33H,3-4,6,8,14H2,1-2H3,(H,28,29,30)/t21-,23+/m0/s1. The van der Waals surface area contributed by atoms with Crippen LogP contribution in [0.5, 0.6) is 5.75 Å². The van der Waals surface area contributed by atoms with Gasteiger partial charge in [-0.2, -0.15) is 10.2 Å². The normalized spacial score (nSPS) is 19.6. The topological polar surface area (TPSA) is 116 Å². The maximum absolute atomic E-state index is 12.4. The first-order valence-electron chi connectivity index (χ1n) is 12.2. The van der Waals surface area contributed by atoms with Gasteiger partial charge in [0.1, 0.15) is 18.5 Å². The summed E-state index contributed by atoms with van der Waals surface area (Å²) in [5.41, 5.74) is 4.24. The van der Waals surface area contributed by atoms with E-state index >= 15 is 0 Å². The third-order valence-electron chi connectivity index (χ3n) is 6.62. The van der Waals surface area contributed by atoms with Crippen LogP contribution < -0.4 is 15.6 Å². The second-order valence-electron chi connectivity index (χ2n) is 9.53. The van der Waals surface area contributed by atoms with Crippen LogP contribution in [0.1, 0.15) is 36.6 Å². The van der Waals surface area contributed by atoms with E-state index in [4.69, 9.17) is 9.47 Å². The van der Waals surface area contributed by atoms with Crippen LogP contribution in [0.3, 0.4) is 0 Å². The van der Waals surface area contributed by atoms with Crippen molar-refractivity contribution in [2.24, 2.45) is 0 Å². The van der Waals surface area contributed by atoms with E-state index in [2.05, 4.69) is 20.5 Å². The molecular formula is C26H28N6O4. The minimum Gasteiger partial charge on any atom is -0.489 e. The molecule has 186 valence electrons. The second-order valence-corrected chi connectivity index (χ2v) is 9.53. The van der Waals surface area contributed by atoms with Gasteiger partial charge in [0.25, 0.3) is 5.56 Å². The summed E-state index contributed by atoms with van der Waals surface area (Å²) in [6, 6.07) is 9.88. The Morgan fingerprint density at radius 3 is 2.75 bits per heavy atom. The summed E-state index contributed by atoms with van der Waals surface area (Å²) >= 11 is 0. The van der Waals surface area contributed by atoms with E-state index in [1.165, 1.54) is 0 Å². The van der Waals surface area contributed by atoms with E-state index in [1.807, 2.05) is 37.4 Å². The highest BCUT2D eigenvalue weighted by Crippen LogP contribution is 2.34. The average Bonchev–Trinajstić information content (AvgIpc) is 3.50. The summed E-state index contributed by atoms with van der Waals surface area (Å²) in [6.07, 6.45) is 5.35. The summed E-state index contributed by atoms with van der Waals surface area (Å²) in [6.45, 7) is 4.54. The quantitative estimate of drug-likeness (QED) is 0.408. The highest BCUT2D eigenvalue weighted by Gasteiger charge is 2.28. The Hall–Kier alpha value is -3.76. The van der Waals surface area contributed by atoms with Gasteiger partial charge in [-0.25, -0.2) is 9.20 Å². The van der Waals surface area contributed by atoms with Crippen molar-refractivity contribution >= 4 is 17.2 Å². The fraction of sp³-hybridized carbons (Fsp3) is 0.385. The zero-order valence-electron chi connectivity index (χ0n) is 20.2. The van der Waals surface area contributed by atoms with E-state index in [-0.39, 0.29) is 24.3 Å². The van der Waals surface area contributed by atoms with Crippen LogP contribution in [0, 0.1) is 13.8 Å². The Kier molecular flexibility index (Phi) is 5.69. The predicted molar refractivity (Wildman–Crippen MR) is 134 cm³/mol. The van der Waals surface area contributed by atoms with Crippen molar-refractivity contribution in [1.29, 1.82) is 0 Å². The Balaban J connectivity index is 1.27. The first-order chi connectivity index (χ1) is 17.4. The van der Waals surface area contributed by atoms with E-state index < -0.39 is 6.10 Å². The van der Waals surface area contributed by atoms with Gasteiger partial charge in [0, 0.05) is 35.7 Å². The fourth-order valence-corrected chi connectivity index (χ4v) is 4.48. The molecule has 10 nitrogen and oxygen atoms in total. The fourth-order valence-electron chi connectivity index (χ4n) is 4.48. The van der Waals surface area contributed by atoms with Crippen LogP contribution in [0.2, 0.25) is 0 Å². The van der Waals surface area contributed by atoms with Crippen molar-refractivity contribution in [3.8, 4) is 16.9 Å². The van der Waals surface area contributed by atoms with Gasteiger partial charge >= 0.3 is 0 Å². The smallest absolute Gasteiger partial charge is 0.270 e. The molecule has 0 unspecified atom stereocenters. The number of rotatable bonds is 7. The molecule has 1 aliphatic heterocycles. The molecule has 1 saturated carbocycles. The van der Waals surface area contributed by atoms with Crippen LogP contribution in [-0.2, 0) is 4.74 Å². The summed E-state index contributed by atoms with van der Waals surface area (Å²) in [4.78, 5) is 16.8. The number of ether oxygens (including phenoxy) is 2. The number of aliphatic hydroxyl groups excluding tert-OH is 1. The molecule has 2 N–H and O–H groups in total. The lowest BCUT2D eigenvalue weighted by Crippen LogP contribution is -2.28. The SMILES string of the molecule is Cc1cc(-c2ccn3nc(Nc4cc(C)c(=O)n(C5CC5)n4)cc3c2)c(OC[C@H]2OCC[C@@H]2O)cn1. The largest absolute Gasteiger partial charge is 0.489 e. The number of nitrogens with one attached hydrogen (secondary N) is 1. The molecule has 4 aromatic rings. The molecule has 2 atom stereocenters. The molecule has 36 heavy (non-hydrogen) atoms. The molecule has 10 heteroatoms. The Labute approximate surface area is 207 Å². The van der Waals surface area contributed by atoms with E-state index in [9.17, 15) is 9.90 Å². The zero-order chi connectivity index (χ0) is 24.8. The highest BCUT2D eigenvalue weighted by atomic mass is 16.5. The summed E-state index contributed by atoms with van der Waals surface area (Å²) in [5.74, 6) is 1.86. The Morgan fingerprint density at radius 2 is 1.97 bits per heavy atom. The number of fused-ring (bicyclic) bond motifs is 1.